The van der Waals surface area contributed by atoms with Gasteiger partial charge >= 0.3 is 0 Å². The quantitative estimate of drug-likeness (QED) is 0.475. The van der Waals surface area contributed by atoms with Crippen LogP contribution >= 0.6 is 0 Å². The van der Waals surface area contributed by atoms with E-state index in [1.807, 2.05) is 13.8 Å². The fourth-order valence-electron chi connectivity index (χ4n) is 4.14. The molecule has 2 heterocycles. The number of ketones is 1. The molecular formula is C17H26O5. The van der Waals surface area contributed by atoms with Crippen molar-refractivity contribution in [3.05, 3.63) is 0 Å². The summed E-state index contributed by atoms with van der Waals surface area (Å²) < 4.78 is 11.8. The third kappa shape index (κ3) is 2.25. The molecule has 0 amide bonds. The molecule has 3 rings (SSSR count). The molecule has 1 saturated carbocycles. The van der Waals surface area contributed by atoms with Crippen LogP contribution in [0.4, 0.5) is 0 Å². The molecule has 2 aliphatic heterocycles. The van der Waals surface area contributed by atoms with Crippen molar-refractivity contribution in [1.82, 2.24) is 0 Å². The van der Waals surface area contributed by atoms with Crippen molar-refractivity contribution in [2.45, 2.75) is 82.4 Å². The highest BCUT2D eigenvalue weighted by Crippen LogP contribution is 2.58. The van der Waals surface area contributed by atoms with Crippen molar-refractivity contribution in [3.8, 4) is 0 Å². The number of aliphatic hydroxyl groups is 1. The molecule has 6 unspecified atom stereocenters. The van der Waals surface area contributed by atoms with Crippen LogP contribution in [-0.2, 0) is 19.1 Å². The minimum atomic E-state index is -0.765. The first-order chi connectivity index (χ1) is 10.4. The van der Waals surface area contributed by atoms with E-state index < -0.39 is 35.4 Å². The lowest BCUT2D eigenvalue weighted by Crippen LogP contribution is -2.62. The molecule has 0 aromatic carbocycles. The second-order valence-electron chi connectivity index (χ2n) is 7.53. The molecule has 0 bridgehead atoms. The van der Waals surface area contributed by atoms with Gasteiger partial charge in [-0.05, 0) is 20.3 Å². The molecule has 0 aromatic heterocycles. The molecular weight excluding hydrogens is 284 g/mol. The molecule has 22 heavy (non-hydrogen) atoms. The predicted octanol–water partition coefficient (Wildman–Crippen LogP) is 1.65. The molecule has 0 radical (unpaired) electrons. The number of aliphatic hydroxyl groups excluding tert-OH is 1. The van der Waals surface area contributed by atoms with Crippen LogP contribution in [-0.4, -0.2) is 46.7 Å². The largest absolute Gasteiger partial charge is 0.390 e. The number of epoxide rings is 1. The number of ether oxygens (including phenoxy) is 2. The number of aldehydes is 1. The van der Waals surface area contributed by atoms with E-state index in [1.165, 1.54) is 0 Å². The van der Waals surface area contributed by atoms with E-state index in [-0.39, 0.29) is 11.7 Å². The zero-order valence-electron chi connectivity index (χ0n) is 13.6. The monoisotopic (exact) mass is 310 g/mol. The van der Waals surface area contributed by atoms with Crippen LogP contribution in [0, 0.1) is 11.8 Å². The van der Waals surface area contributed by atoms with Crippen molar-refractivity contribution in [2.75, 3.05) is 0 Å². The number of unbranched alkanes of at least 4 members (excludes halogenated alkanes) is 2. The highest BCUT2D eigenvalue weighted by Gasteiger charge is 2.75. The Labute approximate surface area is 131 Å². The average Bonchev–Trinajstić information content (AvgIpc) is 3.18. The summed E-state index contributed by atoms with van der Waals surface area (Å²) in [4.78, 5) is 24.3. The Kier molecular flexibility index (Phi) is 3.94. The Morgan fingerprint density at radius 3 is 2.68 bits per heavy atom. The summed E-state index contributed by atoms with van der Waals surface area (Å²) in [5.74, 6) is -0.740. The van der Waals surface area contributed by atoms with E-state index in [1.54, 1.807) is 0 Å². The lowest BCUT2D eigenvalue weighted by molar-refractivity contribution is -0.218. The molecule has 1 spiro atoms. The summed E-state index contributed by atoms with van der Waals surface area (Å²) in [6.45, 7) is 5.77. The summed E-state index contributed by atoms with van der Waals surface area (Å²) in [6, 6.07) is 0. The lowest BCUT2D eigenvalue weighted by atomic mass is 9.66. The van der Waals surface area contributed by atoms with Gasteiger partial charge in [-0.3, -0.25) is 4.79 Å². The van der Waals surface area contributed by atoms with Crippen molar-refractivity contribution in [1.29, 1.82) is 0 Å². The maximum Gasteiger partial charge on any atom is 0.168 e. The Morgan fingerprint density at radius 1 is 1.32 bits per heavy atom. The third-order valence-electron chi connectivity index (χ3n) is 5.66. The second-order valence-corrected chi connectivity index (χ2v) is 7.53. The Morgan fingerprint density at radius 2 is 2.05 bits per heavy atom. The molecule has 2 saturated heterocycles. The first-order valence-corrected chi connectivity index (χ1v) is 8.40. The standard InChI is InChI=1S/C17H26O5/c1-4-5-6-7-10-11(9-18)14-17(15(22-17)13(10)20)8-12(19)16(2,3)21-14/h9-12,14-15,19H,4-8H2,1-3H3. The zero-order valence-corrected chi connectivity index (χ0v) is 13.6. The minimum absolute atomic E-state index is 0.0277. The van der Waals surface area contributed by atoms with E-state index in [0.29, 0.717) is 6.42 Å². The SMILES string of the molecule is CCCCCC1C(=O)C2OC23CC(O)C(C)(C)OC3C1C=O. The van der Waals surface area contributed by atoms with Gasteiger partial charge in [0.2, 0.25) is 0 Å². The normalized spacial score (nSPS) is 45.8. The zero-order chi connectivity index (χ0) is 16.1. The van der Waals surface area contributed by atoms with Gasteiger partial charge in [-0.2, -0.15) is 0 Å². The Balaban J connectivity index is 1.84. The van der Waals surface area contributed by atoms with Gasteiger partial charge in [0.1, 0.15) is 24.1 Å². The second kappa shape index (κ2) is 5.39. The highest BCUT2D eigenvalue weighted by molar-refractivity contribution is 5.93. The van der Waals surface area contributed by atoms with Crippen molar-refractivity contribution in [2.24, 2.45) is 11.8 Å². The van der Waals surface area contributed by atoms with Gasteiger partial charge in [0.15, 0.2) is 5.78 Å². The van der Waals surface area contributed by atoms with Crippen LogP contribution in [0.5, 0.6) is 0 Å². The van der Waals surface area contributed by atoms with Gasteiger partial charge in [0, 0.05) is 12.3 Å². The number of hydrogen-bond acceptors (Lipinski definition) is 5. The average molecular weight is 310 g/mol. The van der Waals surface area contributed by atoms with Crippen molar-refractivity contribution >= 4 is 12.1 Å². The first-order valence-electron chi connectivity index (χ1n) is 8.40. The Hall–Kier alpha value is -0.780. The summed E-state index contributed by atoms with van der Waals surface area (Å²) in [5, 5.41) is 10.2. The first kappa shape index (κ1) is 16.1. The fraction of sp³-hybridized carbons (Fsp3) is 0.882. The summed E-state index contributed by atoms with van der Waals surface area (Å²) in [6.07, 6.45) is 3.43. The fourth-order valence-corrected chi connectivity index (χ4v) is 4.14. The molecule has 3 aliphatic rings. The van der Waals surface area contributed by atoms with Gasteiger partial charge < -0.3 is 19.4 Å². The van der Waals surface area contributed by atoms with Gasteiger partial charge in [0.05, 0.1) is 17.6 Å². The smallest absolute Gasteiger partial charge is 0.168 e. The summed E-state index contributed by atoms with van der Waals surface area (Å²) >= 11 is 0. The van der Waals surface area contributed by atoms with Gasteiger partial charge in [0.25, 0.3) is 0 Å². The van der Waals surface area contributed by atoms with Gasteiger partial charge in [-0.15, -0.1) is 0 Å². The predicted molar refractivity (Wildman–Crippen MR) is 79.4 cm³/mol. The van der Waals surface area contributed by atoms with E-state index in [9.17, 15) is 14.7 Å². The highest BCUT2D eigenvalue weighted by atomic mass is 16.7. The Bertz CT molecular complexity index is 474. The van der Waals surface area contributed by atoms with E-state index in [0.717, 1.165) is 32.0 Å². The molecule has 5 nitrogen and oxygen atoms in total. The molecule has 5 heteroatoms. The number of Topliss-reactive ketones (excluding diaryl/α,β-unsaturated/α-hetero) is 1. The molecule has 6 atom stereocenters. The van der Waals surface area contributed by atoms with Crippen LogP contribution in [0.1, 0.15) is 52.9 Å². The number of carbonyl (C=O) groups excluding carboxylic acids is 2. The summed E-state index contributed by atoms with van der Waals surface area (Å²) in [5.41, 5.74) is -1.49. The van der Waals surface area contributed by atoms with Crippen molar-refractivity contribution in [3.63, 3.8) is 0 Å². The van der Waals surface area contributed by atoms with E-state index in [4.69, 9.17) is 9.47 Å². The van der Waals surface area contributed by atoms with Gasteiger partial charge in [-0.1, -0.05) is 26.2 Å². The van der Waals surface area contributed by atoms with E-state index >= 15 is 0 Å². The van der Waals surface area contributed by atoms with E-state index in [2.05, 4.69) is 6.92 Å². The maximum atomic E-state index is 12.6. The minimum Gasteiger partial charge on any atom is -0.390 e. The van der Waals surface area contributed by atoms with Crippen LogP contribution in [0.2, 0.25) is 0 Å². The molecule has 1 N–H and O–H groups in total. The molecule has 124 valence electrons. The van der Waals surface area contributed by atoms with Crippen molar-refractivity contribution < 1.29 is 24.2 Å². The van der Waals surface area contributed by atoms with Crippen LogP contribution in [0.15, 0.2) is 0 Å². The molecule has 0 aromatic rings. The molecule has 3 fully saturated rings. The van der Waals surface area contributed by atoms with Crippen LogP contribution in [0.3, 0.4) is 0 Å². The maximum absolute atomic E-state index is 12.6. The van der Waals surface area contributed by atoms with Crippen LogP contribution < -0.4 is 0 Å². The third-order valence-corrected chi connectivity index (χ3v) is 5.66. The van der Waals surface area contributed by atoms with Crippen LogP contribution in [0.25, 0.3) is 0 Å². The lowest BCUT2D eigenvalue weighted by Gasteiger charge is -2.48. The number of hydrogen-bond donors (Lipinski definition) is 1. The number of carbonyl (C=O) groups is 2. The number of rotatable bonds is 5. The van der Waals surface area contributed by atoms with Gasteiger partial charge in [-0.25, -0.2) is 0 Å². The topological polar surface area (TPSA) is 76.1 Å². The summed E-state index contributed by atoms with van der Waals surface area (Å²) in [7, 11) is 0. The molecule has 1 aliphatic carbocycles.